The lowest BCUT2D eigenvalue weighted by Gasteiger charge is -2.29. The van der Waals surface area contributed by atoms with Crippen molar-refractivity contribution in [3.63, 3.8) is 0 Å². The molecule has 0 saturated carbocycles. The van der Waals surface area contributed by atoms with Crippen molar-refractivity contribution in [1.29, 1.82) is 0 Å². The van der Waals surface area contributed by atoms with E-state index in [-0.39, 0.29) is 36.5 Å². The van der Waals surface area contributed by atoms with Gasteiger partial charge in [-0.25, -0.2) is 0 Å². The quantitative estimate of drug-likeness (QED) is 0.546. The lowest BCUT2D eigenvalue weighted by atomic mass is 10.2. The maximum absolute atomic E-state index is 12.5. The number of carbonyl (C=O) groups is 2. The van der Waals surface area contributed by atoms with E-state index in [0.717, 1.165) is 12.6 Å². The monoisotopic (exact) mass is 337 g/mol. The van der Waals surface area contributed by atoms with Gasteiger partial charge in [0.25, 0.3) is 0 Å². The van der Waals surface area contributed by atoms with E-state index in [1.54, 1.807) is 9.80 Å². The van der Waals surface area contributed by atoms with E-state index < -0.39 is 4.92 Å². The zero-order valence-electron chi connectivity index (χ0n) is 14.1. The van der Waals surface area contributed by atoms with Gasteiger partial charge < -0.3 is 9.80 Å². The van der Waals surface area contributed by atoms with Gasteiger partial charge in [-0.1, -0.05) is 0 Å². The highest BCUT2D eigenvalue weighted by Gasteiger charge is 2.35. The van der Waals surface area contributed by atoms with Gasteiger partial charge in [-0.2, -0.15) is 5.10 Å². The Labute approximate surface area is 140 Å². The molecule has 9 heteroatoms. The third kappa shape index (κ3) is 3.90. The minimum absolute atomic E-state index is 0.000534. The van der Waals surface area contributed by atoms with E-state index in [0.29, 0.717) is 26.1 Å². The molecule has 1 aliphatic rings. The third-order valence-electron chi connectivity index (χ3n) is 4.32. The summed E-state index contributed by atoms with van der Waals surface area (Å²) in [6, 6.07) is -0.385. The van der Waals surface area contributed by atoms with Crippen LogP contribution in [0, 0.1) is 10.1 Å². The van der Waals surface area contributed by atoms with Gasteiger partial charge in [-0.05, 0) is 26.7 Å². The summed E-state index contributed by atoms with van der Waals surface area (Å²) in [6.07, 6.45) is 4.13. The Hall–Kier alpha value is -2.45. The maximum Gasteiger partial charge on any atom is 0.306 e. The van der Waals surface area contributed by atoms with Crippen molar-refractivity contribution in [1.82, 2.24) is 19.6 Å². The molecule has 1 aromatic rings. The molecule has 24 heavy (non-hydrogen) atoms. The van der Waals surface area contributed by atoms with Crippen molar-refractivity contribution in [2.45, 2.75) is 45.7 Å². The van der Waals surface area contributed by atoms with Crippen LogP contribution in [0.25, 0.3) is 0 Å². The summed E-state index contributed by atoms with van der Waals surface area (Å²) in [4.78, 5) is 38.5. The molecule has 1 saturated heterocycles. The van der Waals surface area contributed by atoms with Gasteiger partial charge in [0, 0.05) is 32.6 Å². The van der Waals surface area contributed by atoms with Crippen LogP contribution in [0.2, 0.25) is 0 Å². The number of likely N-dealkylation sites (N-methyl/N-ethyl adjacent to an activating group) is 1. The van der Waals surface area contributed by atoms with Crippen LogP contribution in [-0.4, -0.2) is 62.0 Å². The number of hydrogen-bond donors (Lipinski definition) is 0. The smallest absolute Gasteiger partial charge is 0.306 e. The molecule has 2 rings (SSSR count). The highest BCUT2D eigenvalue weighted by atomic mass is 16.6. The molecule has 0 aromatic carbocycles. The Kier molecular flexibility index (Phi) is 5.88. The second-order valence-corrected chi connectivity index (χ2v) is 5.72. The van der Waals surface area contributed by atoms with Crippen molar-refractivity contribution in [2.75, 3.05) is 19.6 Å². The lowest BCUT2D eigenvalue weighted by molar-refractivity contribution is -0.385. The Morgan fingerprint density at radius 2 is 2.12 bits per heavy atom. The van der Waals surface area contributed by atoms with Gasteiger partial charge in [-0.15, -0.1) is 0 Å². The molecule has 2 heterocycles. The first kappa shape index (κ1) is 17.9. The van der Waals surface area contributed by atoms with Gasteiger partial charge in [0.1, 0.15) is 18.4 Å². The second-order valence-electron chi connectivity index (χ2n) is 5.72. The molecular formula is C15H23N5O4. The van der Waals surface area contributed by atoms with Gasteiger partial charge in [0.05, 0.1) is 4.92 Å². The van der Waals surface area contributed by atoms with Crippen molar-refractivity contribution >= 4 is 17.5 Å². The highest BCUT2D eigenvalue weighted by Crippen LogP contribution is 2.20. The SMILES string of the molecule is CCN(CC)C(=O)[C@@H]1CCCN1C(=O)CCn1cc([N+](=O)[O-])cn1. The maximum atomic E-state index is 12.5. The number of aromatic nitrogens is 2. The van der Waals surface area contributed by atoms with Crippen molar-refractivity contribution in [3.05, 3.63) is 22.5 Å². The molecule has 1 aromatic heterocycles. The Morgan fingerprint density at radius 1 is 1.42 bits per heavy atom. The van der Waals surface area contributed by atoms with Crippen LogP contribution in [0.5, 0.6) is 0 Å². The fraction of sp³-hybridized carbons (Fsp3) is 0.667. The first-order valence-electron chi connectivity index (χ1n) is 8.23. The number of carbonyl (C=O) groups excluding carboxylic acids is 2. The van der Waals surface area contributed by atoms with Crippen LogP contribution in [0.15, 0.2) is 12.4 Å². The Balaban J connectivity index is 1.95. The summed E-state index contributed by atoms with van der Waals surface area (Å²) in [5.74, 6) is -0.114. The summed E-state index contributed by atoms with van der Waals surface area (Å²) in [5.41, 5.74) is -0.0989. The van der Waals surface area contributed by atoms with Crippen LogP contribution < -0.4 is 0 Å². The van der Waals surface area contributed by atoms with Crippen molar-refractivity contribution in [3.8, 4) is 0 Å². The third-order valence-corrected chi connectivity index (χ3v) is 4.32. The zero-order chi connectivity index (χ0) is 17.7. The van der Waals surface area contributed by atoms with Crippen molar-refractivity contribution < 1.29 is 14.5 Å². The Bertz CT molecular complexity index is 611. The molecule has 0 spiro atoms. The average Bonchev–Trinajstić information content (AvgIpc) is 3.23. The molecule has 0 bridgehead atoms. The molecular weight excluding hydrogens is 314 g/mol. The first-order valence-corrected chi connectivity index (χ1v) is 8.23. The minimum Gasteiger partial charge on any atom is -0.341 e. The molecule has 9 nitrogen and oxygen atoms in total. The fourth-order valence-corrected chi connectivity index (χ4v) is 2.99. The van der Waals surface area contributed by atoms with Gasteiger partial charge in [-0.3, -0.25) is 24.4 Å². The van der Waals surface area contributed by atoms with Gasteiger partial charge in [0.15, 0.2) is 0 Å². The first-order chi connectivity index (χ1) is 11.5. The molecule has 0 aliphatic carbocycles. The fourth-order valence-electron chi connectivity index (χ4n) is 2.99. The van der Waals surface area contributed by atoms with Crippen molar-refractivity contribution in [2.24, 2.45) is 0 Å². The summed E-state index contributed by atoms with van der Waals surface area (Å²) >= 11 is 0. The Morgan fingerprint density at radius 3 is 2.71 bits per heavy atom. The molecule has 0 radical (unpaired) electrons. The predicted octanol–water partition coefficient (Wildman–Crippen LogP) is 1.04. The molecule has 1 atom stereocenters. The van der Waals surface area contributed by atoms with Crippen LogP contribution in [-0.2, 0) is 16.1 Å². The number of nitro groups is 1. The molecule has 0 N–H and O–H groups in total. The molecule has 132 valence electrons. The molecule has 0 unspecified atom stereocenters. The number of amides is 2. The van der Waals surface area contributed by atoms with Crippen LogP contribution in [0.3, 0.4) is 0 Å². The topological polar surface area (TPSA) is 102 Å². The normalized spacial score (nSPS) is 17.1. The largest absolute Gasteiger partial charge is 0.341 e. The average molecular weight is 337 g/mol. The predicted molar refractivity (Wildman–Crippen MR) is 86.2 cm³/mol. The van der Waals surface area contributed by atoms with E-state index in [2.05, 4.69) is 5.10 Å². The van der Waals surface area contributed by atoms with Crippen LogP contribution in [0.1, 0.15) is 33.1 Å². The van der Waals surface area contributed by atoms with Gasteiger partial charge in [0.2, 0.25) is 11.8 Å². The molecule has 1 aliphatic heterocycles. The summed E-state index contributed by atoms with van der Waals surface area (Å²) in [7, 11) is 0. The zero-order valence-corrected chi connectivity index (χ0v) is 14.1. The van der Waals surface area contributed by atoms with E-state index in [4.69, 9.17) is 0 Å². The summed E-state index contributed by atoms with van der Waals surface area (Å²) < 4.78 is 1.38. The standard InChI is InChI=1S/C15H23N5O4/c1-3-17(4-2)15(22)13-6-5-8-19(13)14(21)7-9-18-11-12(10-16-18)20(23)24/h10-11,13H,3-9H2,1-2H3/t13-/m0/s1. The van der Waals surface area contributed by atoms with E-state index in [1.165, 1.54) is 10.9 Å². The van der Waals surface area contributed by atoms with Crippen LogP contribution >= 0.6 is 0 Å². The van der Waals surface area contributed by atoms with E-state index in [1.807, 2.05) is 13.8 Å². The number of hydrogen-bond acceptors (Lipinski definition) is 5. The summed E-state index contributed by atoms with van der Waals surface area (Å²) in [5, 5.41) is 14.5. The molecule has 1 fully saturated rings. The highest BCUT2D eigenvalue weighted by molar-refractivity contribution is 5.88. The number of aryl methyl sites for hydroxylation is 1. The molecule has 2 amide bonds. The number of nitrogens with zero attached hydrogens (tertiary/aromatic N) is 5. The van der Waals surface area contributed by atoms with Crippen LogP contribution in [0.4, 0.5) is 5.69 Å². The van der Waals surface area contributed by atoms with E-state index in [9.17, 15) is 19.7 Å². The second kappa shape index (κ2) is 7.89. The summed E-state index contributed by atoms with van der Waals surface area (Å²) in [6.45, 7) is 5.95. The van der Waals surface area contributed by atoms with E-state index >= 15 is 0 Å². The number of likely N-dealkylation sites (tertiary alicyclic amines) is 1. The lowest BCUT2D eigenvalue weighted by Crippen LogP contribution is -2.47. The minimum atomic E-state index is -0.523. The van der Waals surface area contributed by atoms with Gasteiger partial charge >= 0.3 is 5.69 Å². The number of rotatable bonds is 7.